The van der Waals surface area contributed by atoms with Crippen LogP contribution in [0.5, 0.6) is 0 Å². The third kappa shape index (κ3) is 1.63. The largest absolute Gasteiger partial charge is 0.293 e. The lowest BCUT2D eigenvalue weighted by Crippen LogP contribution is -2.17. The van der Waals surface area contributed by atoms with Gasteiger partial charge in [0.05, 0.1) is 0 Å². The minimum atomic E-state index is 0.0115. The van der Waals surface area contributed by atoms with Crippen LogP contribution in [-0.2, 0) is 0 Å². The third-order valence-corrected chi connectivity index (χ3v) is 3.06. The molecule has 0 spiro atoms. The lowest BCUT2D eigenvalue weighted by molar-refractivity contribution is 0.818. The summed E-state index contributed by atoms with van der Waals surface area (Å²) in [5.74, 6) is 0.231. The van der Waals surface area contributed by atoms with E-state index in [9.17, 15) is 4.79 Å². The average molecular weight is 223 g/mol. The Bertz CT molecular complexity index is 507. The van der Waals surface area contributed by atoms with E-state index in [-0.39, 0.29) is 11.5 Å². The summed E-state index contributed by atoms with van der Waals surface area (Å²) < 4.78 is 1.51. The van der Waals surface area contributed by atoms with Crippen LogP contribution in [0, 0.1) is 6.92 Å². The quantitative estimate of drug-likeness (QED) is 0.847. The molecule has 4 nitrogen and oxygen atoms in total. The summed E-state index contributed by atoms with van der Waals surface area (Å²) in [4.78, 5) is 16.1. The SMILES string of the molecule is Cc1[nH]n(-c2nccs2)c(=O)c1C(C)C. The summed E-state index contributed by atoms with van der Waals surface area (Å²) in [6.07, 6.45) is 1.69. The smallest absolute Gasteiger partial charge is 0.277 e. The molecule has 2 rings (SSSR count). The zero-order valence-electron chi connectivity index (χ0n) is 8.94. The number of hydrogen-bond acceptors (Lipinski definition) is 3. The van der Waals surface area contributed by atoms with Crippen molar-refractivity contribution in [1.82, 2.24) is 14.8 Å². The van der Waals surface area contributed by atoms with E-state index < -0.39 is 0 Å². The van der Waals surface area contributed by atoms with E-state index in [2.05, 4.69) is 10.1 Å². The molecule has 0 radical (unpaired) electrons. The Hall–Kier alpha value is -1.36. The van der Waals surface area contributed by atoms with Crippen molar-refractivity contribution in [2.24, 2.45) is 0 Å². The number of thiazole rings is 1. The fourth-order valence-corrected chi connectivity index (χ4v) is 2.30. The average Bonchev–Trinajstić information content (AvgIpc) is 2.72. The van der Waals surface area contributed by atoms with Gasteiger partial charge in [0.2, 0.25) is 5.13 Å². The number of nitrogens with one attached hydrogen (secondary N) is 1. The first-order chi connectivity index (χ1) is 7.11. The van der Waals surface area contributed by atoms with Crippen LogP contribution < -0.4 is 5.56 Å². The van der Waals surface area contributed by atoms with Crippen LogP contribution in [0.25, 0.3) is 5.13 Å². The number of aromatic nitrogens is 3. The standard InChI is InChI=1S/C10H13N3OS/c1-6(2)8-7(3)12-13(9(8)14)10-11-4-5-15-10/h4-6,12H,1-3H3. The molecule has 0 fully saturated rings. The first-order valence-electron chi connectivity index (χ1n) is 4.82. The van der Waals surface area contributed by atoms with E-state index in [1.165, 1.54) is 16.0 Å². The van der Waals surface area contributed by atoms with E-state index in [4.69, 9.17) is 0 Å². The molecule has 5 heteroatoms. The van der Waals surface area contributed by atoms with Crippen molar-refractivity contribution in [2.45, 2.75) is 26.7 Å². The molecule has 2 aromatic heterocycles. The van der Waals surface area contributed by atoms with Crippen molar-refractivity contribution >= 4 is 11.3 Å². The number of H-pyrrole nitrogens is 1. The van der Waals surface area contributed by atoms with Gasteiger partial charge >= 0.3 is 0 Å². The Morgan fingerprint density at radius 2 is 2.27 bits per heavy atom. The van der Waals surface area contributed by atoms with E-state index in [1.54, 1.807) is 6.20 Å². The lowest BCUT2D eigenvalue weighted by Gasteiger charge is -1.98. The fraction of sp³-hybridized carbons (Fsp3) is 0.400. The summed E-state index contributed by atoms with van der Waals surface area (Å²) >= 11 is 1.44. The van der Waals surface area contributed by atoms with Gasteiger partial charge < -0.3 is 0 Å². The molecular formula is C10H13N3OS. The molecule has 2 heterocycles. The maximum atomic E-state index is 12.0. The molecule has 0 saturated heterocycles. The highest BCUT2D eigenvalue weighted by Gasteiger charge is 2.15. The summed E-state index contributed by atoms with van der Waals surface area (Å²) in [6, 6.07) is 0. The minimum absolute atomic E-state index is 0.0115. The Morgan fingerprint density at radius 1 is 1.53 bits per heavy atom. The van der Waals surface area contributed by atoms with E-state index >= 15 is 0 Å². The van der Waals surface area contributed by atoms with E-state index in [1.807, 2.05) is 26.2 Å². The molecule has 0 saturated carbocycles. The van der Waals surface area contributed by atoms with Crippen molar-refractivity contribution < 1.29 is 0 Å². The number of aromatic amines is 1. The van der Waals surface area contributed by atoms with Gasteiger partial charge in [-0.1, -0.05) is 13.8 Å². The predicted molar refractivity (Wildman–Crippen MR) is 60.9 cm³/mol. The predicted octanol–water partition coefficient (Wildman–Crippen LogP) is 2.05. The van der Waals surface area contributed by atoms with Crippen LogP contribution >= 0.6 is 11.3 Å². The molecule has 0 aromatic carbocycles. The van der Waals surface area contributed by atoms with Gasteiger partial charge in [-0.05, 0) is 12.8 Å². The van der Waals surface area contributed by atoms with E-state index in [0.29, 0.717) is 5.13 Å². The van der Waals surface area contributed by atoms with Crippen LogP contribution in [-0.4, -0.2) is 14.8 Å². The Morgan fingerprint density at radius 3 is 2.73 bits per heavy atom. The molecule has 2 aromatic rings. The maximum Gasteiger partial charge on any atom is 0.277 e. The second kappa shape index (κ2) is 3.66. The van der Waals surface area contributed by atoms with Crippen molar-refractivity contribution in [1.29, 1.82) is 0 Å². The fourth-order valence-electron chi connectivity index (χ4n) is 1.70. The third-order valence-electron chi connectivity index (χ3n) is 2.30. The van der Waals surface area contributed by atoms with Crippen LogP contribution in [0.15, 0.2) is 16.4 Å². The number of hydrogen-bond donors (Lipinski definition) is 1. The lowest BCUT2D eigenvalue weighted by atomic mass is 10.1. The molecule has 0 aliphatic carbocycles. The van der Waals surface area contributed by atoms with E-state index in [0.717, 1.165) is 11.3 Å². The van der Waals surface area contributed by atoms with Crippen molar-refractivity contribution in [3.05, 3.63) is 33.2 Å². The van der Waals surface area contributed by atoms with Crippen molar-refractivity contribution in [3.63, 3.8) is 0 Å². The monoisotopic (exact) mass is 223 g/mol. The molecule has 0 amide bonds. The molecule has 0 aliphatic rings. The molecule has 0 bridgehead atoms. The van der Waals surface area contributed by atoms with Gasteiger partial charge in [-0.2, -0.15) is 4.68 Å². The number of nitrogens with zero attached hydrogens (tertiary/aromatic N) is 2. The van der Waals surface area contributed by atoms with Crippen LogP contribution in [0.1, 0.15) is 31.0 Å². The van der Waals surface area contributed by atoms with Gasteiger partial charge in [-0.15, -0.1) is 11.3 Å². The highest BCUT2D eigenvalue weighted by Crippen LogP contribution is 2.15. The van der Waals surface area contributed by atoms with Crippen LogP contribution in [0.2, 0.25) is 0 Å². The first-order valence-corrected chi connectivity index (χ1v) is 5.70. The van der Waals surface area contributed by atoms with Crippen molar-refractivity contribution in [3.8, 4) is 5.13 Å². The first kappa shape index (κ1) is 10.2. The Labute approximate surface area is 91.6 Å². The van der Waals surface area contributed by atoms with Gasteiger partial charge in [0.25, 0.3) is 5.56 Å². The minimum Gasteiger partial charge on any atom is -0.293 e. The summed E-state index contributed by atoms with van der Waals surface area (Å²) in [5.41, 5.74) is 1.77. The molecule has 80 valence electrons. The maximum absolute atomic E-state index is 12.0. The van der Waals surface area contributed by atoms with Gasteiger partial charge in [-0.3, -0.25) is 9.89 Å². The number of rotatable bonds is 2. The number of aryl methyl sites for hydroxylation is 1. The van der Waals surface area contributed by atoms with Gasteiger partial charge in [0, 0.05) is 22.8 Å². The molecule has 1 N–H and O–H groups in total. The molecule has 0 aliphatic heterocycles. The summed E-state index contributed by atoms with van der Waals surface area (Å²) in [7, 11) is 0. The summed E-state index contributed by atoms with van der Waals surface area (Å²) in [5, 5.41) is 5.59. The van der Waals surface area contributed by atoms with Crippen molar-refractivity contribution in [2.75, 3.05) is 0 Å². The molecule has 0 unspecified atom stereocenters. The second-order valence-corrected chi connectivity index (χ2v) is 4.63. The van der Waals surface area contributed by atoms with Gasteiger partial charge in [0.1, 0.15) is 0 Å². The highest BCUT2D eigenvalue weighted by molar-refractivity contribution is 7.12. The normalized spacial score (nSPS) is 11.2. The zero-order chi connectivity index (χ0) is 11.0. The molecular weight excluding hydrogens is 210 g/mol. The Balaban J connectivity index is 2.62. The van der Waals surface area contributed by atoms with Crippen LogP contribution in [0.3, 0.4) is 0 Å². The zero-order valence-corrected chi connectivity index (χ0v) is 9.76. The van der Waals surface area contributed by atoms with Crippen LogP contribution in [0.4, 0.5) is 0 Å². The van der Waals surface area contributed by atoms with Gasteiger partial charge in [0.15, 0.2) is 0 Å². The Kier molecular flexibility index (Phi) is 2.48. The summed E-state index contributed by atoms with van der Waals surface area (Å²) in [6.45, 7) is 5.95. The molecule has 0 atom stereocenters. The second-order valence-electron chi connectivity index (χ2n) is 3.76. The molecule has 15 heavy (non-hydrogen) atoms. The van der Waals surface area contributed by atoms with Gasteiger partial charge in [-0.25, -0.2) is 4.98 Å². The highest BCUT2D eigenvalue weighted by atomic mass is 32.1. The topological polar surface area (TPSA) is 50.7 Å².